The van der Waals surface area contributed by atoms with E-state index in [-0.39, 0.29) is 11.9 Å². The molecule has 0 amide bonds. The summed E-state index contributed by atoms with van der Waals surface area (Å²) in [6, 6.07) is 9.72. The van der Waals surface area contributed by atoms with Gasteiger partial charge in [-0.05, 0) is 50.8 Å². The highest BCUT2D eigenvalue weighted by Crippen LogP contribution is 2.22. The molecule has 132 valence electrons. The van der Waals surface area contributed by atoms with Crippen molar-refractivity contribution in [1.29, 1.82) is 0 Å². The zero-order valence-corrected chi connectivity index (χ0v) is 14.4. The number of rotatable bonds is 8. The van der Waals surface area contributed by atoms with Gasteiger partial charge in [-0.2, -0.15) is 0 Å². The summed E-state index contributed by atoms with van der Waals surface area (Å²) in [7, 11) is 0. The van der Waals surface area contributed by atoms with Crippen LogP contribution in [0.25, 0.3) is 0 Å². The second kappa shape index (κ2) is 10.1. The highest BCUT2D eigenvalue weighted by molar-refractivity contribution is 5.71. The monoisotopic (exact) mass is 333 g/mol. The Bertz CT molecular complexity index is 509. The number of benzene rings is 1. The SMILES string of the molecule is CCOC(=O)CN1CCC(CCC(=O)OCc2ccccc2)CC1. The van der Waals surface area contributed by atoms with Crippen molar-refractivity contribution in [3.63, 3.8) is 0 Å². The van der Waals surface area contributed by atoms with Gasteiger partial charge in [-0.15, -0.1) is 0 Å². The Labute approximate surface area is 143 Å². The lowest BCUT2D eigenvalue weighted by molar-refractivity contribution is -0.145. The molecule has 5 heteroatoms. The second-order valence-electron chi connectivity index (χ2n) is 6.21. The summed E-state index contributed by atoms with van der Waals surface area (Å²) < 4.78 is 10.3. The van der Waals surface area contributed by atoms with Gasteiger partial charge >= 0.3 is 11.9 Å². The smallest absolute Gasteiger partial charge is 0.320 e. The fourth-order valence-electron chi connectivity index (χ4n) is 2.95. The molecule has 1 aromatic rings. The van der Waals surface area contributed by atoms with Gasteiger partial charge < -0.3 is 9.47 Å². The average Bonchev–Trinajstić information content (AvgIpc) is 2.60. The number of hydrogen-bond donors (Lipinski definition) is 0. The van der Waals surface area contributed by atoms with Crippen LogP contribution in [-0.4, -0.2) is 43.1 Å². The largest absolute Gasteiger partial charge is 0.465 e. The highest BCUT2D eigenvalue weighted by Gasteiger charge is 2.22. The Morgan fingerprint density at radius 2 is 1.79 bits per heavy atom. The van der Waals surface area contributed by atoms with Gasteiger partial charge in [0, 0.05) is 6.42 Å². The molecular formula is C19H27NO4. The van der Waals surface area contributed by atoms with Crippen molar-refractivity contribution < 1.29 is 19.1 Å². The maximum Gasteiger partial charge on any atom is 0.320 e. The molecule has 0 unspecified atom stereocenters. The predicted molar refractivity (Wildman–Crippen MR) is 91.3 cm³/mol. The van der Waals surface area contributed by atoms with E-state index < -0.39 is 0 Å². The van der Waals surface area contributed by atoms with E-state index in [0.717, 1.165) is 37.9 Å². The van der Waals surface area contributed by atoms with Gasteiger partial charge in [0.1, 0.15) is 6.61 Å². The van der Waals surface area contributed by atoms with Crippen molar-refractivity contribution in [2.75, 3.05) is 26.2 Å². The van der Waals surface area contributed by atoms with Crippen LogP contribution >= 0.6 is 0 Å². The van der Waals surface area contributed by atoms with E-state index in [9.17, 15) is 9.59 Å². The van der Waals surface area contributed by atoms with Crippen LogP contribution in [0.1, 0.15) is 38.2 Å². The Kier molecular flexibility index (Phi) is 7.75. The lowest BCUT2D eigenvalue weighted by Gasteiger charge is -2.31. The normalized spacial score (nSPS) is 15.9. The first kappa shape index (κ1) is 18.5. The molecular weight excluding hydrogens is 306 g/mol. The van der Waals surface area contributed by atoms with Crippen LogP contribution in [0.2, 0.25) is 0 Å². The molecule has 1 aromatic carbocycles. The Balaban J connectivity index is 1.58. The molecule has 0 N–H and O–H groups in total. The number of ether oxygens (including phenoxy) is 2. The van der Waals surface area contributed by atoms with E-state index in [0.29, 0.717) is 32.1 Å². The van der Waals surface area contributed by atoms with Gasteiger partial charge in [-0.25, -0.2) is 0 Å². The van der Waals surface area contributed by atoms with E-state index in [2.05, 4.69) is 4.90 Å². The predicted octanol–water partition coefficient (Wildman–Crippen LogP) is 2.79. The fraction of sp³-hybridized carbons (Fsp3) is 0.579. The Morgan fingerprint density at radius 3 is 2.46 bits per heavy atom. The van der Waals surface area contributed by atoms with E-state index >= 15 is 0 Å². The molecule has 1 saturated heterocycles. The number of likely N-dealkylation sites (tertiary alicyclic amines) is 1. The Hall–Kier alpha value is -1.88. The lowest BCUT2D eigenvalue weighted by atomic mass is 9.92. The third-order valence-corrected chi connectivity index (χ3v) is 4.36. The van der Waals surface area contributed by atoms with E-state index in [1.165, 1.54) is 0 Å². The van der Waals surface area contributed by atoms with Crippen LogP contribution in [0.5, 0.6) is 0 Å². The van der Waals surface area contributed by atoms with Gasteiger partial charge in [0.15, 0.2) is 0 Å². The summed E-state index contributed by atoms with van der Waals surface area (Å²) >= 11 is 0. The molecule has 2 rings (SSSR count). The number of hydrogen-bond acceptors (Lipinski definition) is 5. The van der Waals surface area contributed by atoms with E-state index in [1.807, 2.05) is 37.3 Å². The number of nitrogens with zero attached hydrogens (tertiary/aromatic N) is 1. The molecule has 0 atom stereocenters. The summed E-state index contributed by atoms with van der Waals surface area (Å²) in [5.41, 5.74) is 1.01. The molecule has 5 nitrogen and oxygen atoms in total. The first-order chi connectivity index (χ1) is 11.7. The minimum absolute atomic E-state index is 0.132. The minimum Gasteiger partial charge on any atom is -0.465 e. The van der Waals surface area contributed by atoms with Crippen LogP contribution in [0.15, 0.2) is 30.3 Å². The summed E-state index contributed by atoms with van der Waals surface area (Å²) in [6.07, 6.45) is 3.37. The van der Waals surface area contributed by atoms with Crippen LogP contribution < -0.4 is 0 Å². The zero-order chi connectivity index (χ0) is 17.2. The topological polar surface area (TPSA) is 55.8 Å². The highest BCUT2D eigenvalue weighted by atomic mass is 16.5. The maximum absolute atomic E-state index is 11.8. The van der Waals surface area contributed by atoms with Crippen molar-refractivity contribution >= 4 is 11.9 Å². The minimum atomic E-state index is -0.152. The average molecular weight is 333 g/mol. The molecule has 0 bridgehead atoms. The zero-order valence-electron chi connectivity index (χ0n) is 14.4. The lowest BCUT2D eigenvalue weighted by Crippen LogP contribution is -2.38. The number of esters is 2. The third kappa shape index (κ3) is 6.71. The number of piperidine rings is 1. The molecule has 1 heterocycles. The van der Waals surface area contributed by atoms with Gasteiger partial charge in [0.2, 0.25) is 0 Å². The maximum atomic E-state index is 11.8. The molecule has 24 heavy (non-hydrogen) atoms. The summed E-state index contributed by atoms with van der Waals surface area (Å²) in [5.74, 6) is 0.251. The third-order valence-electron chi connectivity index (χ3n) is 4.36. The number of carbonyl (C=O) groups is 2. The molecule has 1 aliphatic heterocycles. The van der Waals surface area contributed by atoms with Crippen molar-refractivity contribution in [2.24, 2.45) is 5.92 Å². The van der Waals surface area contributed by atoms with Crippen molar-refractivity contribution in [1.82, 2.24) is 4.90 Å². The van der Waals surface area contributed by atoms with E-state index in [1.54, 1.807) is 0 Å². The first-order valence-corrected chi connectivity index (χ1v) is 8.75. The van der Waals surface area contributed by atoms with Crippen LogP contribution in [0, 0.1) is 5.92 Å². The summed E-state index contributed by atoms with van der Waals surface area (Å²) in [4.78, 5) is 25.4. The van der Waals surface area contributed by atoms with Crippen molar-refractivity contribution in [3.05, 3.63) is 35.9 Å². The summed E-state index contributed by atoms with van der Waals surface area (Å²) in [5, 5.41) is 0. The fourth-order valence-corrected chi connectivity index (χ4v) is 2.95. The van der Waals surface area contributed by atoms with Crippen molar-refractivity contribution in [3.8, 4) is 0 Å². The second-order valence-corrected chi connectivity index (χ2v) is 6.21. The summed E-state index contributed by atoms with van der Waals surface area (Å²) in [6.45, 7) is 4.75. The van der Waals surface area contributed by atoms with Gasteiger partial charge in [-0.3, -0.25) is 14.5 Å². The molecule has 0 aliphatic carbocycles. The van der Waals surface area contributed by atoms with Gasteiger partial charge in [0.05, 0.1) is 13.2 Å². The van der Waals surface area contributed by atoms with Crippen LogP contribution in [0.4, 0.5) is 0 Å². The number of carbonyl (C=O) groups excluding carboxylic acids is 2. The molecule has 1 fully saturated rings. The van der Waals surface area contributed by atoms with Gasteiger partial charge in [-0.1, -0.05) is 30.3 Å². The van der Waals surface area contributed by atoms with Crippen LogP contribution in [0.3, 0.4) is 0 Å². The quantitative estimate of drug-likeness (QED) is 0.685. The first-order valence-electron chi connectivity index (χ1n) is 8.75. The molecule has 0 saturated carbocycles. The molecule has 1 aliphatic rings. The molecule has 0 spiro atoms. The Morgan fingerprint density at radius 1 is 1.08 bits per heavy atom. The van der Waals surface area contributed by atoms with Crippen LogP contribution in [-0.2, 0) is 25.7 Å². The molecule has 0 aromatic heterocycles. The van der Waals surface area contributed by atoms with Crippen molar-refractivity contribution in [2.45, 2.75) is 39.2 Å². The van der Waals surface area contributed by atoms with Gasteiger partial charge in [0.25, 0.3) is 0 Å². The van der Waals surface area contributed by atoms with E-state index in [4.69, 9.17) is 9.47 Å². The molecule has 0 radical (unpaired) electrons. The standard InChI is InChI=1S/C19H27NO4/c1-2-23-19(22)14-20-12-10-16(11-13-20)8-9-18(21)24-15-17-6-4-3-5-7-17/h3-7,16H,2,8-15H2,1H3.